The van der Waals surface area contributed by atoms with Gasteiger partial charge in [0.2, 0.25) is 0 Å². The minimum atomic E-state index is -0.653. The Hall–Kier alpha value is -2.74. The van der Waals surface area contributed by atoms with E-state index in [9.17, 15) is 9.18 Å². The maximum absolute atomic E-state index is 13.3. The third-order valence-corrected chi connectivity index (χ3v) is 2.55. The van der Waals surface area contributed by atoms with Crippen LogP contribution in [0.3, 0.4) is 0 Å². The first-order valence-corrected chi connectivity index (χ1v) is 5.57. The number of pyridine rings is 1. The van der Waals surface area contributed by atoms with Crippen LogP contribution < -0.4 is 5.32 Å². The lowest BCUT2D eigenvalue weighted by molar-refractivity contribution is 0.0946. The summed E-state index contributed by atoms with van der Waals surface area (Å²) in [4.78, 5) is 15.3. The highest BCUT2D eigenvalue weighted by Crippen LogP contribution is 2.06. The van der Waals surface area contributed by atoms with Crippen molar-refractivity contribution in [3.05, 3.63) is 65.2 Å². The Morgan fingerprint density at radius 2 is 2.05 bits per heavy atom. The number of aromatic nitrogens is 1. The zero-order valence-corrected chi connectivity index (χ0v) is 9.93. The average molecular weight is 255 g/mol. The van der Waals surface area contributed by atoms with E-state index in [1.807, 2.05) is 6.07 Å². The third kappa shape index (κ3) is 3.13. The van der Waals surface area contributed by atoms with Crippen molar-refractivity contribution in [1.82, 2.24) is 10.3 Å². The van der Waals surface area contributed by atoms with Gasteiger partial charge in [0.25, 0.3) is 5.91 Å². The fraction of sp³-hybridized carbons (Fsp3) is 0.0714. The zero-order chi connectivity index (χ0) is 13.7. The Morgan fingerprint density at radius 3 is 2.68 bits per heavy atom. The molecule has 0 saturated heterocycles. The van der Waals surface area contributed by atoms with Gasteiger partial charge in [0.05, 0.1) is 23.4 Å². The van der Waals surface area contributed by atoms with Crippen LogP contribution in [0.2, 0.25) is 0 Å². The fourth-order valence-corrected chi connectivity index (χ4v) is 1.53. The standard InChI is InChI=1S/C14H10FN3O/c15-13-9-17-6-5-12(13)14(19)18-8-11-3-1-10(7-16)2-4-11/h1-6,9H,8H2,(H,18,19). The first-order chi connectivity index (χ1) is 9.20. The van der Waals surface area contributed by atoms with Gasteiger partial charge in [-0.25, -0.2) is 4.39 Å². The largest absolute Gasteiger partial charge is 0.348 e. The smallest absolute Gasteiger partial charge is 0.254 e. The number of hydrogen-bond donors (Lipinski definition) is 1. The van der Waals surface area contributed by atoms with Crippen molar-refractivity contribution < 1.29 is 9.18 Å². The number of halogens is 1. The van der Waals surface area contributed by atoms with Crippen LogP contribution in [-0.2, 0) is 6.54 Å². The van der Waals surface area contributed by atoms with Crippen LogP contribution in [0.5, 0.6) is 0 Å². The van der Waals surface area contributed by atoms with E-state index in [0.717, 1.165) is 11.8 Å². The number of amides is 1. The van der Waals surface area contributed by atoms with Crippen LogP contribution >= 0.6 is 0 Å². The number of carbonyl (C=O) groups excluding carboxylic acids is 1. The van der Waals surface area contributed by atoms with Crippen molar-refractivity contribution in [3.8, 4) is 6.07 Å². The maximum Gasteiger partial charge on any atom is 0.254 e. The van der Waals surface area contributed by atoms with E-state index in [4.69, 9.17) is 5.26 Å². The third-order valence-electron chi connectivity index (χ3n) is 2.55. The van der Waals surface area contributed by atoms with Crippen LogP contribution in [0.4, 0.5) is 4.39 Å². The number of carbonyl (C=O) groups is 1. The van der Waals surface area contributed by atoms with E-state index in [-0.39, 0.29) is 12.1 Å². The molecule has 1 amide bonds. The van der Waals surface area contributed by atoms with E-state index in [0.29, 0.717) is 5.56 Å². The molecule has 2 aromatic rings. The zero-order valence-electron chi connectivity index (χ0n) is 9.93. The molecule has 19 heavy (non-hydrogen) atoms. The number of benzene rings is 1. The van der Waals surface area contributed by atoms with Gasteiger partial charge in [0.1, 0.15) is 0 Å². The first kappa shape index (κ1) is 12.7. The fourth-order valence-electron chi connectivity index (χ4n) is 1.53. The Bertz CT molecular complexity index is 632. The number of nitrogens with zero attached hydrogens (tertiary/aromatic N) is 2. The summed E-state index contributed by atoms with van der Waals surface area (Å²) in [6.45, 7) is 0.270. The van der Waals surface area contributed by atoms with E-state index in [1.165, 1.54) is 12.3 Å². The molecule has 1 N–H and O–H groups in total. The molecule has 2 rings (SSSR count). The average Bonchev–Trinajstić information content (AvgIpc) is 2.46. The summed E-state index contributed by atoms with van der Waals surface area (Å²) in [7, 11) is 0. The molecular weight excluding hydrogens is 245 g/mol. The summed E-state index contributed by atoms with van der Waals surface area (Å²) in [6.07, 6.45) is 2.36. The molecule has 0 aliphatic heterocycles. The molecule has 0 spiro atoms. The predicted molar refractivity (Wildman–Crippen MR) is 66.5 cm³/mol. The number of nitriles is 1. The Kier molecular flexibility index (Phi) is 3.84. The molecule has 0 unspecified atom stereocenters. The molecular formula is C14H10FN3O. The molecule has 5 heteroatoms. The Balaban J connectivity index is 2.01. The summed E-state index contributed by atoms with van der Waals surface area (Å²) in [5.74, 6) is -1.15. The Morgan fingerprint density at radius 1 is 1.32 bits per heavy atom. The van der Waals surface area contributed by atoms with Gasteiger partial charge in [0.15, 0.2) is 5.82 Å². The van der Waals surface area contributed by atoms with Gasteiger partial charge < -0.3 is 5.32 Å². The van der Waals surface area contributed by atoms with Gasteiger partial charge in [-0.2, -0.15) is 5.26 Å². The molecule has 4 nitrogen and oxygen atoms in total. The van der Waals surface area contributed by atoms with Gasteiger partial charge >= 0.3 is 0 Å². The van der Waals surface area contributed by atoms with Crippen molar-refractivity contribution in [2.75, 3.05) is 0 Å². The molecule has 1 aromatic carbocycles. The summed E-state index contributed by atoms with van der Waals surface area (Å²) in [6, 6.07) is 10.1. The summed E-state index contributed by atoms with van der Waals surface area (Å²) >= 11 is 0. The lowest BCUT2D eigenvalue weighted by atomic mass is 10.1. The second-order valence-electron chi connectivity index (χ2n) is 3.85. The van der Waals surface area contributed by atoms with E-state index in [2.05, 4.69) is 10.3 Å². The predicted octanol–water partition coefficient (Wildman–Crippen LogP) is 2.02. The topological polar surface area (TPSA) is 65.8 Å². The number of nitrogens with one attached hydrogen (secondary N) is 1. The maximum atomic E-state index is 13.3. The molecule has 94 valence electrons. The van der Waals surface area contributed by atoms with Gasteiger partial charge in [-0.1, -0.05) is 12.1 Å². The van der Waals surface area contributed by atoms with Crippen LogP contribution in [0.25, 0.3) is 0 Å². The SMILES string of the molecule is N#Cc1ccc(CNC(=O)c2ccncc2F)cc1. The molecule has 0 aliphatic rings. The second-order valence-corrected chi connectivity index (χ2v) is 3.85. The lowest BCUT2D eigenvalue weighted by Crippen LogP contribution is -2.23. The lowest BCUT2D eigenvalue weighted by Gasteiger charge is -2.06. The Labute approximate surface area is 109 Å². The quantitative estimate of drug-likeness (QED) is 0.912. The van der Waals surface area contributed by atoms with Crippen molar-refractivity contribution >= 4 is 5.91 Å². The molecule has 0 fully saturated rings. The monoisotopic (exact) mass is 255 g/mol. The second kappa shape index (κ2) is 5.74. The van der Waals surface area contributed by atoms with E-state index in [1.54, 1.807) is 24.3 Å². The van der Waals surface area contributed by atoms with Gasteiger partial charge in [-0.05, 0) is 23.8 Å². The summed E-state index contributed by atoms with van der Waals surface area (Å²) < 4.78 is 13.3. The van der Waals surface area contributed by atoms with Crippen molar-refractivity contribution in [1.29, 1.82) is 5.26 Å². The van der Waals surface area contributed by atoms with Crippen LogP contribution in [0.15, 0.2) is 42.7 Å². The first-order valence-electron chi connectivity index (χ1n) is 5.57. The van der Waals surface area contributed by atoms with Crippen molar-refractivity contribution in [2.45, 2.75) is 6.54 Å². The van der Waals surface area contributed by atoms with Crippen LogP contribution in [-0.4, -0.2) is 10.9 Å². The number of hydrogen-bond acceptors (Lipinski definition) is 3. The molecule has 1 heterocycles. The van der Waals surface area contributed by atoms with Crippen LogP contribution in [0, 0.1) is 17.1 Å². The van der Waals surface area contributed by atoms with Gasteiger partial charge in [-0.15, -0.1) is 0 Å². The summed E-state index contributed by atoms with van der Waals surface area (Å²) in [5.41, 5.74) is 1.35. The van der Waals surface area contributed by atoms with Gasteiger partial charge in [-0.3, -0.25) is 9.78 Å². The molecule has 1 aromatic heterocycles. The number of rotatable bonds is 3. The minimum absolute atomic E-state index is 0.0383. The van der Waals surface area contributed by atoms with Crippen LogP contribution in [0.1, 0.15) is 21.5 Å². The van der Waals surface area contributed by atoms with Crippen molar-refractivity contribution in [2.24, 2.45) is 0 Å². The molecule has 0 aliphatic carbocycles. The highest BCUT2D eigenvalue weighted by molar-refractivity contribution is 5.94. The highest BCUT2D eigenvalue weighted by Gasteiger charge is 2.10. The molecule has 0 radical (unpaired) electrons. The normalized spacial score (nSPS) is 9.68. The van der Waals surface area contributed by atoms with E-state index >= 15 is 0 Å². The van der Waals surface area contributed by atoms with Gasteiger partial charge in [0, 0.05) is 12.7 Å². The van der Waals surface area contributed by atoms with E-state index < -0.39 is 11.7 Å². The molecule has 0 bridgehead atoms. The minimum Gasteiger partial charge on any atom is -0.348 e. The summed E-state index contributed by atoms with van der Waals surface area (Å²) in [5, 5.41) is 11.3. The van der Waals surface area contributed by atoms with Crippen molar-refractivity contribution in [3.63, 3.8) is 0 Å². The molecule has 0 atom stereocenters. The molecule has 0 saturated carbocycles. The highest BCUT2D eigenvalue weighted by atomic mass is 19.1.